The second kappa shape index (κ2) is 7.79. The van der Waals surface area contributed by atoms with Crippen LogP contribution in [0, 0.1) is 5.92 Å². The molecule has 0 fully saturated rings. The number of carbonyl (C=O) groups is 2. The van der Waals surface area contributed by atoms with E-state index in [0.717, 1.165) is 17.3 Å². The van der Waals surface area contributed by atoms with Gasteiger partial charge in [-0.05, 0) is 18.1 Å². The van der Waals surface area contributed by atoms with Crippen LogP contribution in [-0.2, 0) is 16.0 Å². The minimum atomic E-state index is -0.927. The summed E-state index contributed by atoms with van der Waals surface area (Å²) in [6, 6.07) is 5.34. The van der Waals surface area contributed by atoms with E-state index in [9.17, 15) is 14.7 Å². The van der Waals surface area contributed by atoms with Crippen LogP contribution in [0.15, 0.2) is 18.2 Å². The molecule has 0 radical (unpaired) electrons. The lowest BCUT2D eigenvalue weighted by atomic mass is 10.00. The van der Waals surface area contributed by atoms with Gasteiger partial charge in [-0.1, -0.05) is 23.9 Å². The molecule has 110 valence electrons. The maximum Gasteiger partial charge on any atom is 0.307 e. The maximum atomic E-state index is 11.3. The van der Waals surface area contributed by atoms with Gasteiger partial charge in [0.05, 0.1) is 20.1 Å². The predicted molar refractivity (Wildman–Crippen MR) is 77.5 cm³/mol. The Kier molecular flexibility index (Phi) is 6.38. The molecule has 0 saturated carbocycles. The first-order valence-corrected chi connectivity index (χ1v) is 7.04. The van der Waals surface area contributed by atoms with E-state index in [4.69, 9.17) is 9.47 Å². The molecule has 0 spiro atoms. The Bertz CT molecular complexity index is 486. The summed E-state index contributed by atoms with van der Waals surface area (Å²) in [6.45, 7) is 1.43. The standard InChI is InChI=1S/C14H18O5S/c1-9(15)20-8-11(14(16)17)7-10-5-4-6-12(18-2)13(10)19-3/h4-6,11H,7-8H2,1-3H3,(H,16,17). The van der Waals surface area contributed by atoms with Crippen molar-refractivity contribution in [2.75, 3.05) is 20.0 Å². The first-order valence-electron chi connectivity index (χ1n) is 6.05. The van der Waals surface area contributed by atoms with E-state index in [0.29, 0.717) is 11.5 Å². The van der Waals surface area contributed by atoms with E-state index in [2.05, 4.69) is 0 Å². The lowest BCUT2D eigenvalue weighted by molar-refractivity contribution is -0.140. The van der Waals surface area contributed by atoms with Gasteiger partial charge in [0.25, 0.3) is 0 Å². The van der Waals surface area contributed by atoms with E-state index in [1.165, 1.54) is 21.1 Å². The summed E-state index contributed by atoms with van der Waals surface area (Å²) in [5, 5.41) is 9.15. The number of methoxy groups -OCH3 is 2. The monoisotopic (exact) mass is 298 g/mol. The summed E-state index contributed by atoms with van der Waals surface area (Å²) in [7, 11) is 3.04. The zero-order valence-corrected chi connectivity index (χ0v) is 12.5. The van der Waals surface area contributed by atoms with Gasteiger partial charge in [0.15, 0.2) is 16.6 Å². The van der Waals surface area contributed by atoms with Gasteiger partial charge >= 0.3 is 5.97 Å². The summed E-state index contributed by atoms with van der Waals surface area (Å²) < 4.78 is 10.5. The van der Waals surface area contributed by atoms with Gasteiger partial charge in [-0.2, -0.15) is 0 Å². The summed E-state index contributed by atoms with van der Waals surface area (Å²) in [4.78, 5) is 22.2. The number of hydrogen-bond donors (Lipinski definition) is 1. The third-order valence-corrected chi connectivity index (χ3v) is 3.76. The van der Waals surface area contributed by atoms with Crippen molar-refractivity contribution in [3.05, 3.63) is 23.8 Å². The fourth-order valence-electron chi connectivity index (χ4n) is 1.82. The smallest absolute Gasteiger partial charge is 0.307 e. The molecule has 0 aliphatic carbocycles. The highest BCUT2D eigenvalue weighted by Crippen LogP contribution is 2.32. The highest BCUT2D eigenvalue weighted by Gasteiger charge is 2.22. The first kappa shape index (κ1) is 16.4. The van der Waals surface area contributed by atoms with Crippen LogP contribution in [0.1, 0.15) is 12.5 Å². The second-order valence-electron chi connectivity index (χ2n) is 4.19. The lowest BCUT2D eigenvalue weighted by Gasteiger charge is -2.16. The van der Waals surface area contributed by atoms with Crippen LogP contribution in [0.3, 0.4) is 0 Å². The summed E-state index contributed by atoms with van der Waals surface area (Å²) in [6.07, 6.45) is 0.288. The molecule has 1 aromatic carbocycles. The maximum absolute atomic E-state index is 11.3. The second-order valence-corrected chi connectivity index (χ2v) is 5.39. The normalized spacial score (nSPS) is 11.8. The van der Waals surface area contributed by atoms with Crippen LogP contribution < -0.4 is 9.47 Å². The van der Waals surface area contributed by atoms with Crippen LogP contribution in [0.2, 0.25) is 0 Å². The molecule has 0 heterocycles. The summed E-state index contributed by atoms with van der Waals surface area (Å²) >= 11 is 1.02. The third kappa shape index (κ3) is 4.45. The summed E-state index contributed by atoms with van der Waals surface area (Å²) in [5.41, 5.74) is 0.753. The van der Waals surface area contributed by atoms with Crippen molar-refractivity contribution in [3.8, 4) is 11.5 Å². The molecule has 0 aliphatic rings. The number of carboxylic acids is 1. The van der Waals surface area contributed by atoms with Gasteiger partial charge in [0.1, 0.15) is 0 Å². The minimum Gasteiger partial charge on any atom is -0.493 e. The van der Waals surface area contributed by atoms with E-state index in [1.807, 2.05) is 0 Å². The number of thioether (sulfide) groups is 1. The molecule has 1 N–H and O–H groups in total. The number of rotatable bonds is 7. The first-order chi connectivity index (χ1) is 9.49. The Hall–Kier alpha value is -1.69. The highest BCUT2D eigenvalue weighted by molar-refractivity contribution is 8.13. The predicted octanol–water partition coefficient (Wildman–Crippen LogP) is 2.23. The fourth-order valence-corrected chi connectivity index (χ4v) is 2.51. The van der Waals surface area contributed by atoms with Crippen molar-refractivity contribution < 1.29 is 24.2 Å². The topological polar surface area (TPSA) is 72.8 Å². The number of hydrogen-bond acceptors (Lipinski definition) is 5. The minimum absolute atomic E-state index is 0.0890. The molecule has 1 rings (SSSR count). The molecular formula is C14H18O5S. The number of aliphatic carboxylic acids is 1. The third-order valence-electron chi connectivity index (χ3n) is 2.79. The van der Waals surface area contributed by atoms with Crippen molar-refractivity contribution in [3.63, 3.8) is 0 Å². The van der Waals surface area contributed by atoms with Gasteiger partial charge in [0, 0.05) is 12.7 Å². The Labute approximate surface area is 122 Å². The fraction of sp³-hybridized carbons (Fsp3) is 0.429. The summed E-state index contributed by atoms with van der Waals surface area (Å²) in [5.74, 6) is -0.235. The van der Waals surface area contributed by atoms with Crippen molar-refractivity contribution in [2.45, 2.75) is 13.3 Å². The molecule has 0 saturated heterocycles. The number of ether oxygens (including phenoxy) is 2. The molecule has 5 nitrogen and oxygen atoms in total. The molecular weight excluding hydrogens is 280 g/mol. The van der Waals surface area contributed by atoms with Crippen LogP contribution in [0.25, 0.3) is 0 Å². The van der Waals surface area contributed by atoms with Crippen LogP contribution >= 0.6 is 11.8 Å². The average Bonchev–Trinajstić information content (AvgIpc) is 2.42. The Morgan fingerprint density at radius 2 is 2.00 bits per heavy atom. The van der Waals surface area contributed by atoms with Crippen molar-refractivity contribution in [1.82, 2.24) is 0 Å². The molecule has 0 aromatic heterocycles. The van der Waals surface area contributed by atoms with E-state index >= 15 is 0 Å². The molecule has 0 aliphatic heterocycles. The molecule has 1 aromatic rings. The number of para-hydroxylation sites is 1. The van der Waals surface area contributed by atoms with Gasteiger partial charge in [-0.25, -0.2) is 0 Å². The van der Waals surface area contributed by atoms with Crippen LogP contribution in [0.4, 0.5) is 0 Å². The Morgan fingerprint density at radius 1 is 1.30 bits per heavy atom. The molecule has 6 heteroatoms. The average molecular weight is 298 g/mol. The Morgan fingerprint density at radius 3 is 2.50 bits per heavy atom. The van der Waals surface area contributed by atoms with Crippen molar-refractivity contribution in [1.29, 1.82) is 0 Å². The molecule has 1 atom stereocenters. The molecule has 0 bridgehead atoms. The molecule has 0 amide bonds. The van der Waals surface area contributed by atoms with Crippen molar-refractivity contribution in [2.24, 2.45) is 5.92 Å². The van der Waals surface area contributed by atoms with Gasteiger partial charge < -0.3 is 14.6 Å². The van der Waals surface area contributed by atoms with E-state index < -0.39 is 11.9 Å². The lowest BCUT2D eigenvalue weighted by Crippen LogP contribution is -2.20. The van der Waals surface area contributed by atoms with Gasteiger partial charge in [-0.15, -0.1) is 0 Å². The largest absolute Gasteiger partial charge is 0.493 e. The zero-order valence-electron chi connectivity index (χ0n) is 11.7. The number of carbonyl (C=O) groups excluding carboxylic acids is 1. The molecule has 1 unspecified atom stereocenters. The quantitative estimate of drug-likeness (QED) is 0.832. The van der Waals surface area contributed by atoms with Gasteiger partial charge in [0.2, 0.25) is 0 Å². The van der Waals surface area contributed by atoms with Crippen molar-refractivity contribution >= 4 is 22.8 Å². The van der Waals surface area contributed by atoms with E-state index in [1.54, 1.807) is 18.2 Å². The number of carboxylic acid groups (broad SMARTS) is 1. The van der Waals surface area contributed by atoms with E-state index in [-0.39, 0.29) is 17.3 Å². The van der Waals surface area contributed by atoms with Gasteiger partial charge in [-0.3, -0.25) is 9.59 Å². The highest BCUT2D eigenvalue weighted by atomic mass is 32.2. The van der Waals surface area contributed by atoms with Crippen LogP contribution in [-0.4, -0.2) is 36.2 Å². The van der Waals surface area contributed by atoms with Crippen LogP contribution in [0.5, 0.6) is 11.5 Å². The SMILES string of the molecule is COc1cccc(CC(CSC(C)=O)C(=O)O)c1OC. The Balaban J connectivity index is 2.93. The number of benzene rings is 1. The molecule has 20 heavy (non-hydrogen) atoms. The zero-order chi connectivity index (χ0) is 15.1.